The third-order valence-corrected chi connectivity index (χ3v) is 3.50. The van der Waals surface area contributed by atoms with Gasteiger partial charge in [0.2, 0.25) is 0 Å². The maximum atomic E-state index is 5.65. The zero-order chi connectivity index (χ0) is 11.9. The van der Waals surface area contributed by atoms with E-state index in [1.54, 1.807) is 6.33 Å². The van der Waals surface area contributed by atoms with Gasteiger partial charge in [0.05, 0.1) is 0 Å². The molecule has 0 aliphatic heterocycles. The molecule has 0 aromatic carbocycles. The van der Waals surface area contributed by atoms with Crippen LogP contribution in [0.1, 0.15) is 43.4 Å². The number of anilines is 1. The van der Waals surface area contributed by atoms with Gasteiger partial charge in [-0.2, -0.15) is 0 Å². The molecule has 0 bridgehead atoms. The molecule has 3 nitrogen and oxygen atoms in total. The molecule has 1 aromatic heterocycles. The summed E-state index contributed by atoms with van der Waals surface area (Å²) in [5, 5.41) is 3.44. The number of hydrogen-bond donors (Lipinski definition) is 1. The van der Waals surface area contributed by atoms with E-state index in [0.717, 1.165) is 43.9 Å². The third-order valence-electron chi connectivity index (χ3n) is 3.23. The monoisotopic (exact) mass is 253 g/mol. The van der Waals surface area contributed by atoms with Crippen molar-refractivity contribution in [2.75, 3.05) is 17.7 Å². The van der Waals surface area contributed by atoms with E-state index in [-0.39, 0.29) is 0 Å². The molecule has 0 spiro atoms. The summed E-state index contributed by atoms with van der Waals surface area (Å²) in [6.07, 6.45) is 9.89. The largest absolute Gasteiger partial charge is 0.370 e. The molecule has 1 aliphatic carbocycles. The van der Waals surface area contributed by atoms with Gasteiger partial charge in [0.25, 0.3) is 0 Å². The average Bonchev–Trinajstić information content (AvgIpc) is 2.39. The first kappa shape index (κ1) is 12.6. The summed E-state index contributed by atoms with van der Waals surface area (Å²) in [6, 6.07) is 0. The lowest BCUT2D eigenvalue weighted by molar-refractivity contribution is 0.662. The first-order valence-electron chi connectivity index (χ1n) is 6.54. The Kier molecular flexibility index (Phi) is 5.05. The molecule has 0 radical (unpaired) electrons. The number of alkyl halides is 1. The number of fused-ring (bicyclic) bond motifs is 1. The molecule has 1 heterocycles. The highest BCUT2D eigenvalue weighted by Crippen LogP contribution is 2.24. The maximum Gasteiger partial charge on any atom is 0.132 e. The molecule has 4 heteroatoms. The van der Waals surface area contributed by atoms with Crippen LogP contribution in [0.4, 0.5) is 5.82 Å². The van der Waals surface area contributed by atoms with Crippen molar-refractivity contribution in [3.05, 3.63) is 17.6 Å². The molecule has 17 heavy (non-hydrogen) atoms. The van der Waals surface area contributed by atoms with E-state index in [9.17, 15) is 0 Å². The van der Waals surface area contributed by atoms with Crippen LogP contribution in [0.3, 0.4) is 0 Å². The predicted molar refractivity (Wildman–Crippen MR) is 71.7 cm³/mol. The number of nitrogens with zero attached hydrogens (tertiary/aromatic N) is 2. The number of nitrogens with one attached hydrogen (secondary N) is 1. The van der Waals surface area contributed by atoms with Crippen molar-refractivity contribution in [3.63, 3.8) is 0 Å². The fourth-order valence-electron chi connectivity index (χ4n) is 2.28. The highest BCUT2D eigenvalue weighted by Gasteiger charge is 2.14. The van der Waals surface area contributed by atoms with Crippen LogP contribution >= 0.6 is 11.6 Å². The average molecular weight is 254 g/mol. The molecule has 94 valence electrons. The summed E-state index contributed by atoms with van der Waals surface area (Å²) >= 11 is 5.65. The molecule has 0 fully saturated rings. The van der Waals surface area contributed by atoms with Crippen molar-refractivity contribution in [3.8, 4) is 0 Å². The number of halogens is 1. The molecule has 1 N–H and O–H groups in total. The number of unbranched alkanes of at least 4 members (excludes halogenated alkanes) is 2. The van der Waals surface area contributed by atoms with Gasteiger partial charge in [-0.3, -0.25) is 0 Å². The molecule has 1 aliphatic rings. The van der Waals surface area contributed by atoms with E-state index in [1.807, 2.05) is 0 Å². The van der Waals surface area contributed by atoms with E-state index in [1.165, 1.54) is 30.5 Å². The van der Waals surface area contributed by atoms with Gasteiger partial charge in [0.15, 0.2) is 0 Å². The molecule has 1 aromatic rings. The molecule has 0 unspecified atom stereocenters. The molecule has 2 rings (SSSR count). The first-order valence-corrected chi connectivity index (χ1v) is 7.08. The van der Waals surface area contributed by atoms with Gasteiger partial charge in [0, 0.05) is 23.7 Å². The highest BCUT2D eigenvalue weighted by molar-refractivity contribution is 6.17. The summed E-state index contributed by atoms with van der Waals surface area (Å²) in [7, 11) is 0. The van der Waals surface area contributed by atoms with Crippen LogP contribution in [0, 0.1) is 0 Å². The van der Waals surface area contributed by atoms with Crippen molar-refractivity contribution < 1.29 is 0 Å². The van der Waals surface area contributed by atoms with Crippen molar-refractivity contribution in [1.29, 1.82) is 0 Å². The number of aryl methyl sites for hydroxylation is 1. The number of aromatic nitrogens is 2. The van der Waals surface area contributed by atoms with E-state index in [4.69, 9.17) is 11.6 Å². The maximum absolute atomic E-state index is 5.65. The van der Waals surface area contributed by atoms with Gasteiger partial charge in [0.1, 0.15) is 12.1 Å². The summed E-state index contributed by atoms with van der Waals surface area (Å²) in [5.74, 6) is 1.82. The van der Waals surface area contributed by atoms with Gasteiger partial charge in [-0.05, 0) is 38.5 Å². The summed E-state index contributed by atoms with van der Waals surface area (Å²) < 4.78 is 0. The summed E-state index contributed by atoms with van der Waals surface area (Å²) in [6.45, 7) is 0.986. The fraction of sp³-hybridized carbons (Fsp3) is 0.692. The Hall–Kier alpha value is -0.830. The van der Waals surface area contributed by atoms with Crippen LogP contribution in [-0.4, -0.2) is 22.4 Å². The second-order valence-corrected chi connectivity index (χ2v) is 4.91. The Morgan fingerprint density at radius 3 is 2.88 bits per heavy atom. The Labute approximate surface area is 108 Å². The molecule has 0 atom stereocenters. The van der Waals surface area contributed by atoms with Gasteiger partial charge in [-0.25, -0.2) is 9.97 Å². The fourth-order valence-corrected chi connectivity index (χ4v) is 2.47. The lowest BCUT2D eigenvalue weighted by Crippen LogP contribution is -2.12. The van der Waals surface area contributed by atoms with E-state index >= 15 is 0 Å². The van der Waals surface area contributed by atoms with Crippen LogP contribution in [-0.2, 0) is 12.8 Å². The zero-order valence-corrected chi connectivity index (χ0v) is 11.0. The molecule has 0 amide bonds. The first-order chi connectivity index (χ1) is 8.42. The van der Waals surface area contributed by atoms with Gasteiger partial charge >= 0.3 is 0 Å². The Bertz CT molecular complexity index is 355. The quantitative estimate of drug-likeness (QED) is 0.625. The zero-order valence-electron chi connectivity index (χ0n) is 10.2. The molecular weight excluding hydrogens is 234 g/mol. The molecular formula is C13H20ClN3. The molecule has 0 saturated carbocycles. The van der Waals surface area contributed by atoms with E-state index < -0.39 is 0 Å². The second-order valence-electron chi connectivity index (χ2n) is 4.53. The Morgan fingerprint density at radius 1 is 1.12 bits per heavy atom. The SMILES string of the molecule is ClCCCCCNc1ncnc2c1CCCC2. The van der Waals surface area contributed by atoms with Crippen molar-refractivity contribution in [2.45, 2.75) is 44.9 Å². The van der Waals surface area contributed by atoms with Gasteiger partial charge in [-0.1, -0.05) is 6.42 Å². The van der Waals surface area contributed by atoms with Gasteiger partial charge in [-0.15, -0.1) is 11.6 Å². The van der Waals surface area contributed by atoms with Crippen molar-refractivity contribution in [1.82, 2.24) is 9.97 Å². The minimum absolute atomic E-state index is 0.767. The second kappa shape index (κ2) is 6.80. The van der Waals surface area contributed by atoms with Gasteiger partial charge < -0.3 is 5.32 Å². The third kappa shape index (κ3) is 3.56. The van der Waals surface area contributed by atoms with E-state index in [0.29, 0.717) is 0 Å². The summed E-state index contributed by atoms with van der Waals surface area (Å²) in [4.78, 5) is 8.73. The number of hydrogen-bond acceptors (Lipinski definition) is 3. The standard InChI is InChI=1S/C13H20ClN3/c14-8-4-1-5-9-15-13-11-6-2-3-7-12(11)16-10-17-13/h10H,1-9H2,(H,15,16,17). The van der Waals surface area contributed by atoms with Crippen molar-refractivity contribution >= 4 is 17.4 Å². The van der Waals surface area contributed by atoms with Crippen LogP contribution in [0.5, 0.6) is 0 Å². The smallest absolute Gasteiger partial charge is 0.132 e. The lowest BCUT2D eigenvalue weighted by Gasteiger charge is -2.17. The van der Waals surface area contributed by atoms with Crippen LogP contribution in [0.25, 0.3) is 0 Å². The van der Waals surface area contributed by atoms with Crippen molar-refractivity contribution in [2.24, 2.45) is 0 Å². The predicted octanol–water partition coefficient (Wildman–Crippen LogP) is 3.18. The lowest BCUT2D eigenvalue weighted by atomic mass is 9.96. The van der Waals surface area contributed by atoms with Crippen LogP contribution in [0.15, 0.2) is 6.33 Å². The Balaban J connectivity index is 1.87. The highest BCUT2D eigenvalue weighted by atomic mass is 35.5. The summed E-state index contributed by atoms with van der Waals surface area (Å²) in [5.41, 5.74) is 2.59. The Morgan fingerprint density at radius 2 is 2.00 bits per heavy atom. The van der Waals surface area contributed by atoms with Crippen LogP contribution in [0.2, 0.25) is 0 Å². The van der Waals surface area contributed by atoms with E-state index in [2.05, 4.69) is 15.3 Å². The van der Waals surface area contributed by atoms with Crippen LogP contribution < -0.4 is 5.32 Å². The minimum atomic E-state index is 0.767. The normalized spacial score (nSPS) is 14.4. The molecule has 0 saturated heterocycles. The topological polar surface area (TPSA) is 37.8 Å². The minimum Gasteiger partial charge on any atom is -0.370 e. The number of rotatable bonds is 6.